The van der Waals surface area contributed by atoms with Crippen LogP contribution in [0.3, 0.4) is 0 Å². The average Bonchev–Trinajstić information content (AvgIpc) is 3.11. The van der Waals surface area contributed by atoms with Crippen LogP contribution < -0.4 is 20.9 Å². The van der Waals surface area contributed by atoms with Crippen molar-refractivity contribution in [3.8, 4) is 5.75 Å². The van der Waals surface area contributed by atoms with Crippen LogP contribution in [0, 0.1) is 5.92 Å². The van der Waals surface area contributed by atoms with Crippen LogP contribution >= 0.6 is 23.2 Å². The van der Waals surface area contributed by atoms with E-state index in [1.54, 1.807) is 29.8 Å². The van der Waals surface area contributed by atoms with Gasteiger partial charge in [0.2, 0.25) is 5.95 Å². The van der Waals surface area contributed by atoms with Gasteiger partial charge in [0.15, 0.2) is 11.2 Å². The number of rotatable bonds is 6. The van der Waals surface area contributed by atoms with Crippen LogP contribution in [-0.2, 0) is 13.6 Å². The molecule has 1 aromatic carbocycles. The Morgan fingerprint density at radius 1 is 1.34 bits per heavy atom. The summed E-state index contributed by atoms with van der Waals surface area (Å²) in [5.74, 6) is 1.43. The molecule has 3 aromatic rings. The molecule has 9 nitrogen and oxygen atoms in total. The highest BCUT2D eigenvalue weighted by Gasteiger charge is 2.26. The largest absolute Gasteiger partial charge is 0.489 e. The maximum Gasteiger partial charge on any atom is 0.329 e. The van der Waals surface area contributed by atoms with Crippen LogP contribution in [0.15, 0.2) is 27.8 Å². The highest BCUT2D eigenvalue weighted by Crippen LogP contribution is 2.28. The number of hydrogen-bond donors (Lipinski definition) is 2. The summed E-state index contributed by atoms with van der Waals surface area (Å²) in [6, 6.07) is 4.84. The first-order valence-electron chi connectivity index (χ1n) is 10.4. The molecule has 0 saturated carbocycles. The van der Waals surface area contributed by atoms with Gasteiger partial charge in [-0.2, -0.15) is 4.98 Å². The van der Waals surface area contributed by atoms with Crippen molar-refractivity contribution in [2.75, 3.05) is 24.6 Å². The van der Waals surface area contributed by atoms with Crippen molar-refractivity contribution < 1.29 is 9.84 Å². The normalized spacial score (nSPS) is 17.7. The van der Waals surface area contributed by atoms with Gasteiger partial charge >= 0.3 is 5.69 Å². The highest BCUT2D eigenvalue weighted by molar-refractivity contribution is 6.35. The van der Waals surface area contributed by atoms with E-state index in [-0.39, 0.29) is 24.3 Å². The number of aliphatic hydroxyl groups is 1. The lowest BCUT2D eigenvalue weighted by Gasteiger charge is -2.32. The number of hydrogen-bond acceptors (Lipinski definition) is 6. The minimum Gasteiger partial charge on any atom is -0.489 e. The molecular weight excluding hydrogens is 457 g/mol. The summed E-state index contributed by atoms with van der Waals surface area (Å²) in [4.78, 5) is 33.8. The summed E-state index contributed by atoms with van der Waals surface area (Å²) in [6.45, 7) is 3.73. The summed E-state index contributed by atoms with van der Waals surface area (Å²) in [5, 5.41) is 11.6. The second kappa shape index (κ2) is 9.17. The van der Waals surface area contributed by atoms with Crippen molar-refractivity contribution in [3.63, 3.8) is 0 Å². The maximum absolute atomic E-state index is 12.7. The van der Waals surface area contributed by atoms with Gasteiger partial charge in [-0.15, -0.1) is 0 Å². The Morgan fingerprint density at radius 3 is 2.84 bits per heavy atom. The van der Waals surface area contributed by atoms with Crippen LogP contribution in [0.2, 0.25) is 10.0 Å². The van der Waals surface area contributed by atoms with E-state index in [4.69, 9.17) is 27.9 Å². The van der Waals surface area contributed by atoms with Crippen molar-refractivity contribution in [1.82, 2.24) is 19.1 Å². The molecule has 3 heterocycles. The van der Waals surface area contributed by atoms with E-state index in [0.717, 1.165) is 25.9 Å². The van der Waals surface area contributed by atoms with Crippen molar-refractivity contribution in [2.45, 2.75) is 32.4 Å². The Labute approximate surface area is 194 Å². The number of piperidine rings is 1. The number of aromatic nitrogens is 4. The van der Waals surface area contributed by atoms with E-state index in [9.17, 15) is 14.7 Å². The first-order chi connectivity index (χ1) is 15.2. The van der Waals surface area contributed by atoms with Gasteiger partial charge in [0, 0.05) is 25.2 Å². The summed E-state index contributed by atoms with van der Waals surface area (Å²) in [7, 11) is 1.56. The second-order valence-electron chi connectivity index (χ2n) is 8.25. The van der Waals surface area contributed by atoms with E-state index >= 15 is 0 Å². The van der Waals surface area contributed by atoms with Crippen LogP contribution in [0.5, 0.6) is 5.75 Å². The number of anilines is 1. The fourth-order valence-electron chi connectivity index (χ4n) is 4.05. The molecule has 0 unspecified atom stereocenters. The molecule has 0 spiro atoms. The third-order valence-corrected chi connectivity index (χ3v) is 6.18. The third kappa shape index (κ3) is 4.51. The lowest BCUT2D eigenvalue weighted by atomic mass is 10.0. The molecule has 0 aliphatic carbocycles. The number of fused-ring (bicyclic) bond motifs is 1. The quantitative estimate of drug-likeness (QED) is 0.559. The molecule has 0 radical (unpaired) electrons. The predicted molar refractivity (Wildman–Crippen MR) is 124 cm³/mol. The Bertz CT molecular complexity index is 1250. The number of aryl methyl sites for hydroxylation is 1. The van der Waals surface area contributed by atoms with Gasteiger partial charge in [-0.3, -0.25) is 14.3 Å². The highest BCUT2D eigenvalue weighted by atomic mass is 35.5. The van der Waals surface area contributed by atoms with Crippen molar-refractivity contribution in [1.29, 1.82) is 0 Å². The van der Waals surface area contributed by atoms with Gasteiger partial charge in [0.25, 0.3) is 5.56 Å². The van der Waals surface area contributed by atoms with E-state index in [2.05, 4.69) is 21.8 Å². The molecule has 1 aliphatic heterocycles. The van der Waals surface area contributed by atoms with E-state index in [1.807, 2.05) is 0 Å². The van der Waals surface area contributed by atoms with Crippen molar-refractivity contribution >= 4 is 40.3 Å². The number of nitrogens with one attached hydrogen (secondary N) is 1. The van der Waals surface area contributed by atoms with Crippen LogP contribution in [-0.4, -0.2) is 50.0 Å². The SMILES string of the molecule is C[C@H]1CCCN(c2nc3c(c(=O)[nH]c(=O)n3C)n2C[C@H](O)COc2ccc(Cl)cc2Cl)C1. The molecule has 1 saturated heterocycles. The van der Waals surface area contributed by atoms with Crippen LogP contribution in [0.4, 0.5) is 5.95 Å². The molecular formula is C21H25Cl2N5O4. The fraction of sp³-hybridized carbons (Fsp3) is 0.476. The number of H-pyrrole nitrogens is 1. The number of aromatic amines is 1. The van der Waals surface area contributed by atoms with Crippen LogP contribution in [0.1, 0.15) is 19.8 Å². The number of halogens is 2. The molecule has 0 amide bonds. The molecule has 2 aromatic heterocycles. The van der Waals surface area contributed by atoms with Gasteiger partial charge in [0.1, 0.15) is 18.5 Å². The molecule has 2 atom stereocenters. The predicted octanol–water partition coefficient (Wildman–Crippen LogP) is 2.41. The van der Waals surface area contributed by atoms with E-state index in [1.165, 1.54) is 4.57 Å². The minimum atomic E-state index is -0.961. The Balaban J connectivity index is 1.66. The monoisotopic (exact) mass is 481 g/mol. The zero-order chi connectivity index (χ0) is 23.0. The smallest absolute Gasteiger partial charge is 0.329 e. The zero-order valence-electron chi connectivity index (χ0n) is 17.8. The molecule has 0 bridgehead atoms. The molecule has 2 N–H and O–H groups in total. The summed E-state index contributed by atoms with van der Waals surface area (Å²) in [6.07, 6.45) is 1.16. The van der Waals surface area contributed by atoms with Crippen molar-refractivity contribution in [2.24, 2.45) is 13.0 Å². The second-order valence-corrected chi connectivity index (χ2v) is 9.09. The van der Waals surface area contributed by atoms with Gasteiger partial charge in [0.05, 0.1) is 11.6 Å². The van der Waals surface area contributed by atoms with Gasteiger partial charge in [-0.05, 0) is 37.0 Å². The third-order valence-electron chi connectivity index (χ3n) is 5.65. The molecule has 11 heteroatoms. The van der Waals surface area contributed by atoms with Gasteiger partial charge in [-0.25, -0.2) is 4.79 Å². The van der Waals surface area contributed by atoms with Gasteiger partial charge < -0.3 is 19.3 Å². The number of benzene rings is 1. The fourth-order valence-corrected chi connectivity index (χ4v) is 4.51. The number of imidazole rings is 1. The Kier molecular flexibility index (Phi) is 6.50. The average molecular weight is 482 g/mol. The molecule has 1 fully saturated rings. The molecule has 172 valence electrons. The summed E-state index contributed by atoms with van der Waals surface area (Å²) >= 11 is 12.0. The molecule has 4 rings (SSSR count). The Morgan fingerprint density at radius 2 is 2.12 bits per heavy atom. The molecule has 1 aliphatic rings. The standard InChI is InChI=1S/C21H25Cl2N5O4/c1-12-4-3-7-27(9-12)20-24-18-17(19(30)25-21(31)26(18)2)28(20)10-14(29)11-32-16-6-5-13(22)8-15(16)23/h5-6,8,12,14,29H,3-4,7,9-11H2,1-2H3,(H,25,30,31)/t12-,14-/m0/s1. The number of nitrogens with zero attached hydrogens (tertiary/aromatic N) is 4. The lowest BCUT2D eigenvalue weighted by molar-refractivity contribution is 0.0936. The van der Waals surface area contributed by atoms with Gasteiger partial charge in [-0.1, -0.05) is 30.1 Å². The first-order valence-corrected chi connectivity index (χ1v) is 11.2. The number of aliphatic hydroxyl groups excluding tert-OH is 1. The maximum atomic E-state index is 12.7. The minimum absolute atomic E-state index is 0.0550. The van der Waals surface area contributed by atoms with E-state index < -0.39 is 17.4 Å². The summed E-state index contributed by atoms with van der Waals surface area (Å²) in [5.41, 5.74) is -0.558. The van der Waals surface area contributed by atoms with Crippen molar-refractivity contribution in [3.05, 3.63) is 49.1 Å². The van der Waals surface area contributed by atoms with E-state index in [0.29, 0.717) is 27.7 Å². The Hall–Kier alpha value is -2.49. The first kappa shape index (κ1) is 22.7. The van der Waals surface area contributed by atoms with Crippen LogP contribution in [0.25, 0.3) is 11.2 Å². The topological polar surface area (TPSA) is 105 Å². The lowest BCUT2D eigenvalue weighted by Crippen LogP contribution is -2.37. The number of ether oxygens (including phenoxy) is 1. The summed E-state index contributed by atoms with van der Waals surface area (Å²) < 4.78 is 8.64. The zero-order valence-corrected chi connectivity index (χ0v) is 19.4. The molecule has 32 heavy (non-hydrogen) atoms.